The molecule has 1 amide bonds. The van der Waals surface area contributed by atoms with Crippen LogP contribution in [0.4, 0.5) is 5.13 Å². The quantitative estimate of drug-likeness (QED) is 0.177. The number of carbonyl (C=O) groups is 2. The molecule has 1 aromatic heterocycles. The smallest absolute Gasteiger partial charge is 0.301 e. The minimum absolute atomic E-state index is 0.0335. The van der Waals surface area contributed by atoms with Crippen molar-refractivity contribution in [2.75, 3.05) is 11.5 Å². The summed E-state index contributed by atoms with van der Waals surface area (Å²) >= 11 is 4.78. The van der Waals surface area contributed by atoms with Crippen LogP contribution in [0, 0.1) is 6.92 Å². The van der Waals surface area contributed by atoms with Crippen LogP contribution in [0.25, 0.3) is 16.0 Å². The number of aryl methyl sites for hydroxylation is 1. The van der Waals surface area contributed by atoms with Gasteiger partial charge in [-0.2, -0.15) is 0 Å². The van der Waals surface area contributed by atoms with Crippen LogP contribution in [0.5, 0.6) is 5.75 Å². The number of amides is 1. The van der Waals surface area contributed by atoms with E-state index in [-0.39, 0.29) is 11.3 Å². The molecule has 0 bridgehead atoms. The maximum Gasteiger partial charge on any atom is 0.301 e. The molecule has 176 valence electrons. The molecule has 1 saturated heterocycles. The molecule has 0 saturated carbocycles. The fourth-order valence-corrected chi connectivity index (χ4v) is 5.58. The summed E-state index contributed by atoms with van der Waals surface area (Å²) in [6.07, 6.45) is 0. The molecule has 0 unspecified atom stereocenters. The molecule has 1 fully saturated rings. The number of aliphatic hydroxyl groups is 1. The first-order valence-corrected chi connectivity index (χ1v) is 12.6. The molecule has 8 heteroatoms. The Morgan fingerprint density at radius 2 is 1.89 bits per heavy atom. The van der Waals surface area contributed by atoms with Crippen LogP contribution in [0.15, 0.2) is 76.8 Å². The van der Waals surface area contributed by atoms with Crippen LogP contribution >= 0.6 is 27.3 Å². The zero-order valence-electron chi connectivity index (χ0n) is 19.0. The Morgan fingerprint density at radius 3 is 2.60 bits per heavy atom. The standard InChI is InChI=1S/C27H21BrN2O4S/c1-3-34-19-11-12-20-21(14-19)35-27(29-20)30-23(17-5-4-6-18(28)13-17)22(25(32)26(30)33)24(31)16-9-7-15(2)8-10-16/h4-14,23,31H,3H2,1-2H3/t23-/m0/s1. The van der Waals surface area contributed by atoms with E-state index < -0.39 is 17.7 Å². The third-order valence-corrected chi connectivity index (χ3v) is 7.31. The van der Waals surface area contributed by atoms with Gasteiger partial charge in [0.15, 0.2) is 5.13 Å². The zero-order valence-corrected chi connectivity index (χ0v) is 21.4. The van der Waals surface area contributed by atoms with Gasteiger partial charge < -0.3 is 9.84 Å². The van der Waals surface area contributed by atoms with E-state index in [9.17, 15) is 14.7 Å². The van der Waals surface area contributed by atoms with Crippen LogP contribution in [0.2, 0.25) is 0 Å². The normalized spacial score (nSPS) is 17.3. The number of hydrogen-bond donors (Lipinski definition) is 1. The van der Waals surface area contributed by atoms with Crippen molar-refractivity contribution in [3.05, 3.63) is 93.5 Å². The van der Waals surface area contributed by atoms with Gasteiger partial charge in [0.05, 0.1) is 28.4 Å². The first kappa shape index (κ1) is 23.3. The summed E-state index contributed by atoms with van der Waals surface area (Å²) < 4.78 is 7.22. The minimum atomic E-state index is -0.833. The monoisotopic (exact) mass is 548 g/mol. The van der Waals surface area contributed by atoms with Gasteiger partial charge in [-0.15, -0.1) is 0 Å². The first-order valence-electron chi connectivity index (χ1n) is 11.0. The van der Waals surface area contributed by atoms with E-state index in [2.05, 4.69) is 20.9 Å². The highest BCUT2D eigenvalue weighted by atomic mass is 79.9. The third-order valence-electron chi connectivity index (χ3n) is 5.80. The number of ketones is 1. The highest BCUT2D eigenvalue weighted by molar-refractivity contribution is 9.10. The predicted octanol–water partition coefficient (Wildman–Crippen LogP) is 6.39. The lowest BCUT2D eigenvalue weighted by atomic mass is 9.95. The number of nitrogens with zero attached hydrogens (tertiary/aromatic N) is 2. The van der Waals surface area contributed by atoms with E-state index in [0.29, 0.717) is 34.1 Å². The van der Waals surface area contributed by atoms with E-state index in [0.717, 1.165) is 14.7 Å². The zero-order chi connectivity index (χ0) is 24.7. The highest BCUT2D eigenvalue weighted by Crippen LogP contribution is 2.45. The van der Waals surface area contributed by atoms with E-state index >= 15 is 0 Å². The second-order valence-electron chi connectivity index (χ2n) is 8.15. The van der Waals surface area contributed by atoms with Gasteiger partial charge in [0.25, 0.3) is 5.78 Å². The summed E-state index contributed by atoms with van der Waals surface area (Å²) in [5.41, 5.74) is 2.90. The molecule has 2 heterocycles. The minimum Gasteiger partial charge on any atom is -0.507 e. The Hall–Kier alpha value is -3.49. The average Bonchev–Trinajstić information content (AvgIpc) is 3.37. The Labute approximate surface area is 214 Å². The summed E-state index contributed by atoms with van der Waals surface area (Å²) in [6, 6.07) is 19.2. The van der Waals surface area contributed by atoms with Gasteiger partial charge in [0.1, 0.15) is 11.5 Å². The molecule has 35 heavy (non-hydrogen) atoms. The molecular formula is C27H21BrN2O4S. The van der Waals surface area contributed by atoms with Gasteiger partial charge >= 0.3 is 5.91 Å². The number of Topliss-reactive ketones (excluding diaryl/α,β-unsaturated/α-hetero) is 1. The average molecular weight is 549 g/mol. The van der Waals surface area contributed by atoms with Crippen LogP contribution in [0.1, 0.15) is 29.7 Å². The molecule has 1 atom stereocenters. The van der Waals surface area contributed by atoms with Crippen molar-refractivity contribution < 1.29 is 19.4 Å². The lowest BCUT2D eigenvalue weighted by Crippen LogP contribution is -2.29. The molecule has 3 aromatic carbocycles. The van der Waals surface area contributed by atoms with Gasteiger partial charge in [-0.05, 0) is 49.7 Å². The van der Waals surface area contributed by atoms with E-state index in [4.69, 9.17) is 4.74 Å². The van der Waals surface area contributed by atoms with Crippen molar-refractivity contribution >= 4 is 60.1 Å². The number of aromatic nitrogens is 1. The van der Waals surface area contributed by atoms with Gasteiger partial charge in [0.2, 0.25) is 0 Å². The maximum absolute atomic E-state index is 13.4. The largest absolute Gasteiger partial charge is 0.507 e. The molecule has 0 aliphatic carbocycles. The van der Waals surface area contributed by atoms with Gasteiger partial charge in [-0.1, -0.05) is 69.2 Å². The second-order valence-corrected chi connectivity index (χ2v) is 10.1. The molecule has 4 aromatic rings. The van der Waals surface area contributed by atoms with Gasteiger partial charge in [-0.3, -0.25) is 14.5 Å². The lowest BCUT2D eigenvalue weighted by molar-refractivity contribution is -0.132. The Bertz CT molecular complexity index is 1490. The van der Waals surface area contributed by atoms with Crippen molar-refractivity contribution in [3.63, 3.8) is 0 Å². The number of fused-ring (bicyclic) bond motifs is 1. The molecule has 5 rings (SSSR count). The van der Waals surface area contributed by atoms with Crippen LogP contribution < -0.4 is 9.64 Å². The number of aliphatic hydroxyl groups excluding tert-OH is 1. The fraction of sp³-hybridized carbons (Fsp3) is 0.148. The van der Waals surface area contributed by atoms with Gasteiger partial charge in [0, 0.05) is 10.0 Å². The molecule has 1 aliphatic rings. The molecule has 6 nitrogen and oxygen atoms in total. The molecular weight excluding hydrogens is 528 g/mol. The Kier molecular flexibility index (Phi) is 6.17. The maximum atomic E-state index is 13.4. The van der Waals surface area contributed by atoms with Crippen LogP contribution in [0.3, 0.4) is 0 Å². The van der Waals surface area contributed by atoms with Crippen molar-refractivity contribution in [1.29, 1.82) is 0 Å². The number of benzene rings is 3. The van der Waals surface area contributed by atoms with Crippen molar-refractivity contribution in [2.24, 2.45) is 0 Å². The third kappa shape index (κ3) is 4.24. The predicted molar refractivity (Wildman–Crippen MR) is 141 cm³/mol. The number of carbonyl (C=O) groups excluding carboxylic acids is 2. The molecule has 1 N–H and O–H groups in total. The van der Waals surface area contributed by atoms with Crippen molar-refractivity contribution in [1.82, 2.24) is 4.98 Å². The summed E-state index contributed by atoms with van der Waals surface area (Å²) in [5, 5.41) is 11.6. The number of ether oxygens (including phenoxy) is 1. The number of hydrogen-bond acceptors (Lipinski definition) is 6. The van der Waals surface area contributed by atoms with E-state index in [1.807, 2.05) is 68.4 Å². The van der Waals surface area contributed by atoms with Crippen molar-refractivity contribution in [3.8, 4) is 5.75 Å². The van der Waals surface area contributed by atoms with E-state index in [1.54, 1.807) is 12.1 Å². The number of anilines is 1. The lowest BCUT2D eigenvalue weighted by Gasteiger charge is -2.23. The Morgan fingerprint density at radius 1 is 1.11 bits per heavy atom. The number of thiazole rings is 1. The summed E-state index contributed by atoms with van der Waals surface area (Å²) in [5.74, 6) is -0.981. The first-order chi connectivity index (χ1) is 16.9. The molecule has 1 aliphatic heterocycles. The van der Waals surface area contributed by atoms with Crippen molar-refractivity contribution in [2.45, 2.75) is 19.9 Å². The molecule has 0 spiro atoms. The SMILES string of the molecule is CCOc1ccc2nc(N3C(=O)C(=O)C(=C(O)c4ccc(C)cc4)[C@@H]3c3cccc(Br)c3)sc2c1. The summed E-state index contributed by atoms with van der Waals surface area (Å²) in [7, 11) is 0. The van der Waals surface area contributed by atoms with Crippen LogP contribution in [-0.4, -0.2) is 28.4 Å². The second kappa shape index (κ2) is 9.28. The fourth-order valence-electron chi connectivity index (χ4n) is 4.14. The summed E-state index contributed by atoms with van der Waals surface area (Å²) in [6.45, 7) is 4.38. The van der Waals surface area contributed by atoms with Crippen LogP contribution in [-0.2, 0) is 9.59 Å². The highest BCUT2D eigenvalue weighted by Gasteiger charge is 2.48. The van der Waals surface area contributed by atoms with E-state index in [1.165, 1.54) is 16.2 Å². The molecule has 0 radical (unpaired) electrons. The van der Waals surface area contributed by atoms with Gasteiger partial charge in [-0.25, -0.2) is 4.98 Å². The topological polar surface area (TPSA) is 79.7 Å². The number of rotatable bonds is 5. The summed E-state index contributed by atoms with van der Waals surface area (Å²) in [4.78, 5) is 32.8. The Balaban J connectivity index is 1.70. The number of halogens is 1.